The van der Waals surface area contributed by atoms with Crippen LogP contribution in [0.2, 0.25) is 0 Å². The Bertz CT molecular complexity index is 363. The van der Waals surface area contributed by atoms with Crippen LogP contribution in [0, 0.1) is 5.92 Å². The smallest absolute Gasteiger partial charge is 0.0703 e. The van der Waals surface area contributed by atoms with Crippen LogP contribution >= 0.6 is 0 Å². The van der Waals surface area contributed by atoms with Gasteiger partial charge in [-0.15, -0.1) is 0 Å². The highest BCUT2D eigenvalue weighted by Gasteiger charge is 2.33. The Kier molecular flexibility index (Phi) is 4.39. The van der Waals surface area contributed by atoms with Crippen LogP contribution < -0.4 is 0 Å². The van der Waals surface area contributed by atoms with Gasteiger partial charge in [-0.05, 0) is 43.7 Å². The van der Waals surface area contributed by atoms with E-state index in [1.165, 1.54) is 37.7 Å². The molecule has 2 rings (SSSR count). The van der Waals surface area contributed by atoms with Crippen LogP contribution in [0.25, 0.3) is 0 Å². The van der Waals surface area contributed by atoms with E-state index in [-0.39, 0.29) is 0 Å². The fourth-order valence-corrected chi connectivity index (χ4v) is 3.00. The third-order valence-corrected chi connectivity index (χ3v) is 4.32. The molecule has 1 saturated carbocycles. The minimum absolute atomic E-state index is 0.443. The molecule has 1 aliphatic carbocycles. The summed E-state index contributed by atoms with van der Waals surface area (Å²) in [6.45, 7) is 4.12. The van der Waals surface area contributed by atoms with Crippen LogP contribution in [-0.2, 0) is 12.8 Å². The molecule has 1 unspecified atom stereocenters. The van der Waals surface area contributed by atoms with Gasteiger partial charge < -0.3 is 5.11 Å². The van der Waals surface area contributed by atoms with E-state index in [9.17, 15) is 5.11 Å². The topological polar surface area (TPSA) is 33.1 Å². The number of hydrogen-bond acceptors (Lipinski definition) is 2. The van der Waals surface area contributed by atoms with Gasteiger partial charge >= 0.3 is 0 Å². The zero-order valence-electron chi connectivity index (χ0n) is 11.7. The first-order chi connectivity index (χ1) is 8.62. The summed E-state index contributed by atoms with van der Waals surface area (Å²) in [7, 11) is 0. The number of pyridine rings is 1. The van der Waals surface area contributed by atoms with E-state index in [2.05, 4.69) is 24.0 Å². The molecule has 100 valence electrons. The fourth-order valence-electron chi connectivity index (χ4n) is 3.00. The van der Waals surface area contributed by atoms with Crippen LogP contribution in [0.5, 0.6) is 0 Å². The zero-order chi connectivity index (χ0) is 13.0. The van der Waals surface area contributed by atoms with E-state index < -0.39 is 5.60 Å². The van der Waals surface area contributed by atoms with Gasteiger partial charge in [-0.1, -0.05) is 32.3 Å². The summed E-state index contributed by atoms with van der Waals surface area (Å²) >= 11 is 0. The normalized spacial score (nSPS) is 20.6. The highest BCUT2D eigenvalue weighted by atomic mass is 16.3. The lowest BCUT2D eigenvalue weighted by atomic mass is 9.76. The highest BCUT2D eigenvalue weighted by Crippen LogP contribution is 2.34. The second kappa shape index (κ2) is 5.83. The van der Waals surface area contributed by atoms with E-state index in [0.29, 0.717) is 12.3 Å². The number of nitrogens with zero attached hydrogens (tertiary/aromatic N) is 1. The van der Waals surface area contributed by atoms with Crippen LogP contribution in [-0.4, -0.2) is 15.7 Å². The number of hydrogen-bond donors (Lipinski definition) is 1. The summed E-state index contributed by atoms with van der Waals surface area (Å²) in [5.74, 6) is 0.443. The lowest BCUT2D eigenvalue weighted by Gasteiger charge is -2.35. The number of aromatic nitrogens is 1. The molecule has 1 aromatic heterocycles. The third kappa shape index (κ3) is 3.32. The van der Waals surface area contributed by atoms with E-state index >= 15 is 0 Å². The van der Waals surface area contributed by atoms with Crippen LogP contribution in [0.4, 0.5) is 0 Å². The molecule has 0 spiro atoms. The number of aliphatic hydroxyl groups is 1. The first-order valence-corrected chi connectivity index (χ1v) is 7.28. The third-order valence-electron chi connectivity index (χ3n) is 4.32. The van der Waals surface area contributed by atoms with Gasteiger partial charge in [-0.3, -0.25) is 4.98 Å². The molecule has 0 saturated heterocycles. The Labute approximate surface area is 110 Å². The van der Waals surface area contributed by atoms with Crippen molar-refractivity contribution in [1.82, 2.24) is 4.98 Å². The highest BCUT2D eigenvalue weighted by molar-refractivity contribution is 5.15. The molecular weight excluding hydrogens is 222 g/mol. The Balaban J connectivity index is 2.01. The van der Waals surface area contributed by atoms with Crippen molar-refractivity contribution in [3.05, 3.63) is 29.6 Å². The molecule has 1 atom stereocenters. The molecule has 18 heavy (non-hydrogen) atoms. The maximum Gasteiger partial charge on any atom is 0.0703 e. The largest absolute Gasteiger partial charge is 0.389 e. The van der Waals surface area contributed by atoms with Gasteiger partial charge in [0, 0.05) is 18.3 Å². The fraction of sp³-hybridized carbons (Fsp3) is 0.688. The minimum atomic E-state index is -0.596. The van der Waals surface area contributed by atoms with Crippen molar-refractivity contribution >= 4 is 0 Å². The van der Waals surface area contributed by atoms with E-state index in [1.807, 2.05) is 13.1 Å². The first-order valence-electron chi connectivity index (χ1n) is 7.28. The van der Waals surface area contributed by atoms with Crippen LogP contribution in [0.15, 0.2) is 18.3 Å². The molecule has 2 heteroatoms. The van der Waals surface area contributed by atoms with E-state index in [0.717, 1.165) is 12.1 Å². The van der Waals surface area contributed by atoms with E-state index in [4.69, 9.17) is 0 Å². The molecule has 0 radical (unpaired) electrons. The van der Waals surface area contributed by atoms with Gasteiger partial charge in [0.25, 0.3) is 0 Å². The summed E-state index contributed by atoms with van der Waals surface area (Å²) in [6, 6.07) is 4.19. The molecule has 1 N–H and O–H groups in total. The molecule has 0 amide bonds. The lowest BCUT2D eigenvalue weighted by Crippen LogP contribution is -2.38. The summed E-state index contributed by atoms with van der Waals surface area (Å²) in [4.78, 5) is 4.47. The van der Waals surface area contributed by atoms with Gasteiger partial charge in [0.2, 0.25) is 0 Å². The summed E-state index contributed by atoms with van der Waals surface area (Å²) in [6.07, 6.45) is 9.84. The monoisotopic (exact) mass is 247 g/mol. The van der Waals surface area contributed by atoms with Gasteiger partial charge in [-0.2, -0.15) is 0 Å². The van der Waals surface area contributed by atoms with Crippen molar-refractivity contribution < 1.29 is 5.11 Å². The standard InChI is InChI=1S/C16H25NO/c1-3-13-9-10-15(17-12-13)11-16(2,18)14-7-5-4-6-8-14/h9-10,12,14,18H,3-8,11H2,1-2H3. The van der Waals surface area contributed by atoms with Crippen molar-refractivity contribution in [3.63, 3.8) is 0 Å². The predicted octanol–water partition coefficient (Wildman–Crippen LogP) is 3.52. The van der Waals surface area contributed by atoms with Crippen molar-refractivity contribution in [1.29, 1.82) is 0 Å². The molecule has 1 aliphatic rings. The Morgan fingerprint density at radius 3 is 2.56 bits per heavy atom. The molecule has 0 bridgehead atoms. The van der Waals surface area contributed by atoms with Gasteiger partial charge in [-0.25, -0.2) is 0 Å². The second-order valence-electron chi connectivity index (χ2n) is 5.88. The first kappa shape index (κ1) is 13.5. The molecule has 1 fully saturated rings. The van der Waals surface area contributed by atoms with Crippen molar-refractivity contribution in [3.8, 4) is 0 Å². The average molecular weight is 247 g/mol. The Hall–Kier alpha value is -0.890. The maximum atomic E-state index is 10.7. The molecule has 1 aromatic rings. The van der Waals surface area contributed by atoms with Crippen molar-refractivity contribution in [2.24, 2.45) is 5.92 Å². The van der Waals surface area contributed by atoms with Gasteiger partial charge in [0.05, 0.1) is 5.60 Å². The SMILES string of the molecule is CCc1ccc(CC(C)(O)C2CCCCC2)nc1. The van der Waals surface area contributed by atoms with Crippen molar-refractivity contribution in [2.75, 3.05) is 0 Å². The molecule has 0 aliphatic heterocycles. The summed E-state index contributed by atoms with van der Waals surface area (Å²) < 4.78 is 0. The van der Waals surface area contributed by atoms with Crippen LogP contribution in [0.1, 0.15) is 57.2 Å². The molecule has 2 nitrogen and oxygen atoms in total. The minimum Gasteiger partial charge on any atom is -0.389 e. The zero-order valence-corrected chi connectivity index (χ0v) is 11.7. The quantitative estimate of drug-likeness (QED) is 0.883. The summed E-state index contributed by atoms with van der Waals surface area (Å²) in [5.41, 5.74) is 1.68. The van der Waals surface area contributed by atoms with Gasteiger partial charge in [0.15, 0.2) is 0 Å². The van der Waals surface area contributed by atoms with E-state index in [1.54, 1.807) is 0 Å². The van der Waals surface area contributed by atoms with Gasteiger partial charge in [0.1, 0.15) is 0 Å². The Morgan fingerprint density at radius 2 is 2.00 bits per heavy atom. The molecular formula is C16H25NO. The molecule has 1 heterocycles. The van der Waals surface area contributed by atoms with Crippen LogP contribution in [0.3, 0.4) is 0 Å². The van der Waals surface area contributed by atoms with Crippen molar-refractivity contribution in [2.45, 2.75) is 64.4 Å². The number of aryl methyl sites for hydroxylation is 1. The number of rotatable bonds is 4. The average Bonchev–Trinajstić information content (AvgIpc) is 2.40. The predicted molar refractivity (Wildman–Crippen MR) is 74.5 cm³/mol. The summed E-state index contributed by atoms with van der Waals surface area (Å²) in [5, 5.41) is 10.7. The second-order valence-corrected chi connectivity index (χ2v) is 5.88. The lowest BCUT2D eigenvalue weighted by molar-refractivity contribution is -0.0167. The molecule has 0 aromatic carbocycles. The Morgan fingerprint density at radius 1 is 1.28 bits per heavy atom. The maximum absolute atomic E-state index is 10.7.